The van der Waals surface area contributed by atoms with Crippen LogP contribution in [0.5, 0.6) is 5.75 Å². The van der Waals surface area contributed by atoms with Crippen LogP contribution in [0.25, 0.3) is 10.2 Å². The van der Waals surface area contributed by atoms with Crippen molar-refractivity contribution in [2.45, 2.75) is 17.5 Å². The van der Waals surface area contributed by atoms with Gasteiger partial charge in [-0.1, -0.05) is 11.8 Å². The van der Waals surface area contributed by atoms with Crippen LogP contribution in [0.3, 0.4) is 0 Å². The Morgan fingerprint density at radius 1 is 1.46 bits per heavy atom. The van der Waals surface area contributed by atoms with E-state index in [0.717, 1.165) is 0 Å². The van der Waals surface area contributed by atoms with Gasteiger partial charge in [-0.2, -0.15) is 0 Å². The van der Waals surface area contributed by atoms with Crippen LogP contribution in [0.2, 0.25) is 0 Å². The molecule has 3 aromatic rings. The number of aromatic nitrogens is 2. The SMILES string of the molecule is Cn1c(SCc2cc([N+](=O)[O-])cc3c2OCOC3)nc2sccc2c1=O. The van der Waals surface area contributed by atoms with Crippen LogP contribution in [0.15, 0.2) is 33.5 Å². The molecule has 10 heteroatoms. The minimum Gasteiger partial charge on any atom is -0.467 e. The molecule has 0 amide bonds. The number of nitrogens with zero attached hydrogens (tertiary/aromatic N) is 3. The highest BCUT2D eigenvalue weighted by atomic mass is 32.2. The molecule has 8 nitrogen and oxygen atoms in total. The molecule has 26 heavy (non-hydrogen) atoms. The smallest absolute Gasteiger partial charge is 0.270 e. The largest absolute Gasteiger partial charge is 0.467 e. The Morgan fingerprint density at radius 3 is 3.12 bits per heavy atom. The number of benzene rings is 1. The molecule has 1 aliphatic heterocycles. The molecular weight excluding hydrogens is 378 g/mol. The number of non-ortho nitro benzene ring substituents is 1. The van der Waals surface area contributed by atoms with Gasteiger partial charge in [0.2, 0.25) is 0 Å². The quantitative estimate of drug-likeness (QED) is 0.292. The summed E-state index contributed by atoms with van der Waals surface area (Å²) >= 11 is 2.75. The Morgan fingerprint density at radius 2 is 2.31 bits per heavy atom. The molecule has 0 saturated carbocycles. The summed E-state index contributed by atoms with van der Waals surface area (Å²) in [7, 11) is 1.67. The average molecular weight is 391 g/mol. The van der Waals surface area contributed by atoms with Gasteiger partial charge in [0.15, 0.2) is 11.9 Å². The monoisotopic (exact) mass is 391 g/mol. The lowest BCUT2D eigenvalue weighted by atomic mass is 10.1. The van der Waals surface area contributed by atoms with Gasteiger partial charge in [0, 0.05) is 36.1 Å². The van der Waals surface area contributed by atoms with E-state index < -0.39 is 4.92 Å². The van der Waals surface area contributed by atoms with Gasteiger partial charge in [0.25, 0.3) is 11.2 Å². The molecule has 4 rings (SSSR count). The van der Waals surface area contributed by atoms with Gasteiger partial charge in [-0.25, -0.2) is 4.98 Å². The topological polar surface area (TPSA) is 96.5 Å². The number of thiophene rings is 1. The molecule has 0 atom stereocenters. The minimum atomic E-state index is -0.436. The van der Waals surface area contributed by atoms with Crippen molar-refractivity contribution >= 4 is 39.0 Å². The van der Waals surface area contributed by atoms with Crippen molar-refractivity contribution in [3.05, 3.63) is 55.2 Å². The van der Waals surface area contributed by atoms with Crippen LogP contribution < -0.4 is 10.3 Å². The fourth-order valence-corrected chi connectivity index (χ4v) is 4.49. The van der Waals surface area contributed by atoms with Gasteiger partial charge in [-0.3, -0.25) is 19.5 Å². The highest BCUT2D eigenvalue weighted by Crippen LogP contribution is 2.36. The number of hydrogen-bond acceptors (Lipinski definition) is 8. The first kappa shape index (κ1) is 17.0. The van der Waals surface area contributed by atoms with E-state index in [-0.39, 0.29) is 24.6 Å². The zero-order chi connectivity index (χ0) is 18.3. The summed E-state index contributed by atoms with van der Waals surface area (Å²) in [5.74, 6) is 0.998. The lowest BCUT2D eigenvalue weighted by Gasteiger charge is -2.20. The summed E-state index contributed by atoms with van der Waals surface area (Å²) in [6.45, 7) is 0.382. The molecular formula is C16H13N3O5S2. The first-order valence-corrected chi connectivity index (χ1v) is 9.49. The molecule has 1 aromatic carbocycles. The molecule has 134 valence electrons. The molecule has 0 fully saturated rings. The van der Waals surface area contributed by atoms with E-state index in [4.69, 9.17) is 9.47 Å². The molecule has 0 unspecified atom stereocenters. The van der Waals surface area contributed by atoms with Crippen LogP contribution in [-0.2, 0) is 24.1 Å². The summed E-state index contributed by atoms with van der Waals surface area (Å²) in [5.41, 5.74) is 1.22. The number of hydrogen-bond donors (Lipinski definition) is 0. The average Bonchev–Trinajstić information content (AvgIpc) is 3.11. The predicted octanol–water partition coefficient (Wildman–Crippen LogP) is 3.06. The van der Waals surface area contributed by atoms with Crippen molar-refractivity contribution in [1.29, 1.82) is 0 Å². The van der Waals surface area contributed by atoms with E-state index in [1.807, 2.05) is 5.38 Å². The number of rotatable bonds is 4. The number of nitro benzene ring substituents is 1. The van der Waals surface area contributed by atoms with Crippen LogP contribution in [0.1, 0.15) is 11.1 Å². The summed E-state index contributed by atoms with van der Waals surface area (Å²) in [6.07, 6.45) is 0. The Balaban J connectivity index is 1.70. The highest BCUT2D eigenvalue weighted by molar-refractivity contribution is 7.98. The van der Waals surface area contributed by atoms with Crippen LogP contribution in [0, 0.1) is 10.1 Å². The second kappa shape index (κ2) is 6.71. The van der Waals surface area contributed by atoms with E-state index in [2.05, 4.69) is 4.98 Å². The third-order valence-electron chi connectivity index (χ3n) is 4.00. The fraction of sp³-hybridized carbons (Fsp3) is 0.250. The second-order valence-electron chi connectivity index (χ2n) is 5.65. The molecule has 0 saturated heterocycles. The normalized spacial score (nSPS) is 13.4. The standard InChI is InChI=1S/C16H13N3O5S2/c1-18-15(20)12-2-3-25-14(12)17-16(18)26-7-10-5-11(19(21)22)4-9-6-23-8-24-13(9)10/h2-5H,6-8H2,1H3. The van der Waals surface area contributed by atoms with Crippen LogP contribution in [-0.4, -0.2) is 21.3 Å². The number of nitro groups is 1. The Hall–Kier alpha value is -2.43. The predicted molar refractivity (Wildman–Crippen MR) is 97.8 cm³/mol. The van der Waals surface area contributed by atoms with E-state index in [0.29, 0.717) is 38.0 Å². The van der Waals surface area contributed by atoms with E-state index >= 15 is 0 Å². The summed E-state index contributed by atoms with van der Waals surface area (Å²) in [5, 5.41) is 14.2. The van der Waals surface area contributed by atoms with Gasteiger partial charge < -0.3 is 9.47 Å². The molecule has 1 aliphatic rings. The minimum absolute atomic E-state index is 0.0102. The molecule has 3 heterocycles. The van der Waals surface area contributed by atoms with Crippen LogP contribution >= 0.6 is 23.1 Å². The first-order valence-electron chi connectivity index (χ1n) is 7.62. The van der Waals surface area contributed by atoms with Crippen molar-refractivity contribution in [2.75, 3.05) is 6.79 Å². The van der Waals surface area contributed by atoms with Crippen molar-refractivity contribution in [3.8, 4) is 5.75 Å². The van der Waals surface area contributed by atoms with E-state index in [1.54, 1.807) is 13.1 Å². The molecule has 0 N–H and O–H groups in total. The summed E-state index contributed by atoms with van der Waals surface area (Å²) in [4.78, 5) is 28.3. The first-order chi connectivity index (χ1) is 12.5. The van der Waals surface area contributed by atoms with Gasteiger partial charge in [0.05, 0.1) is 16.9 Å². The zero-order valence-corrected chi connectivity index (χ0v) is 15.3. The maximum atomic E-state index is 12.4. The lowest BCUT2D eigenvalue weighted by Crippen LogP contribution is -2.19. The Bertz CT molecular complexity index is 1080. The molecule has 0 aliphatic carbocycles. The van der Waals surface area contributed by atoms with Gasteiger partial charge in [0.1, 0.15) is 10.6 Å². The van der Waals surface area contributed by atoms with Gasteiger partial charge >= 0.3 is 0 Å². The van der Waals surface area contributed by atoms with Crippen molar-refractivity contribution < 1.29 is 14.4 Å². The number of ether oxygens (including phenoxy) is 2. The lowest BCUT2D eigenvalue weighted by molar-refractivity contribution is -0.385. The molecule has 0 radical (unpaired) electrons. The Kier molecular flexibility index (Phi) is 4.39. The van der Waals surface area contributed by atoms with Crippen molar-refractivity contribution in [1.82, 2.24) is 9.55 Å². The van der Waals surface area contributed by atoms with Crippen molar-refractivity contribution in [3.63, 3.8) is 0 Å². The fourth-order valence-electron chi connectivity index (χ4n) is 2.74. The maximum absolute atomic E-state index is 12.4. The maximum Gasteiger partial charge on any atom is 0.270 e. The van der Waals surface area contributed by atoms with Crippen molar-refractivity contribution in [2.24, 2.45) is 7.05 Å². The van der Waals surface area contributed by atoms with Gasteiger partial charge in [-0.05, 0) is 11.4 Å². The van der Waals surface area contributed by atoms with E-state index in [9.17, 15) is 14.9 Å². The zero-order valence-electron chi connectivity index (χ0n) is 13.6. The third kappa shape index (κ3) is 2.96. The highest BCUT2D eigenvalue weighted by Gasteiger charge is 2.21. The third-order valence-corrected chi connectivity index (χ3v) is 5.89. The summed E-state index contributed by atoms with van der Waals surface area (Å²) in [6, 6.07) is 4.72. The second-order valence-corrected chi connectivity index (χ2v) is 7.48. The Labute approximate surface area is 155 Å². The molecule has 0 spiro atoms. The van der Waals surface area contributed by atoms with E-state index in [1.165, 1.54) is 39.8 Å². The molecule has 0 bridgehead atoms. The number of fused-ring (bicyclic) bond motifs is 2. The number of thioether (sulfide) groups is 1. The van der Waals surface area contributed by atoms with Gasteiger partial charge in [-0.15, -0.1) is 11.3 Å². The van der Waals surface area contributed by atoms with Crippen LogP contribution in [0.4, 0.5) is 5.69 Å². The molecule has 2 aromatic heterocycles. The summed E-state index contributed by atoms with van der Waals surface area (Å²) < 4.78 is 12.3.